The van der Waals surface area contributed by atoms with E-state index in [1.165, 1.54) is 0 Å². The Labute approximate surface area is 399 Å². The van der Waals surface area contributed by atoms with Crippen molar-refractivity contribution in [1.29, 1.82) is 0 Å². The molecule has 0 radical (unpaired) electrons. The summed E-state index contributed by atoms with van der Waals surface area (Å²) in [6.07, 6.45) is 25.1. The van der Waals surface area contributed by atoms with E-state index in [-0.39, 0.29) is 39.6 Å². The number of carbonyl (C=O) groups excluding carboxylic acids is 6. The first kappa shape index (κ1) is 60.1. The quantitative estimate of drug-likeness (QED) is 0.0348. The van der Waals surface area contributed by atoms with E-state index in [0.717, 1.165) is 154 Å². The summed E-state index contributed by atoms with van der Waals surface area (Å²) in [6, 6.07) is 0. The second-order valence-electron chi connectivity index (χ2n) is 17.6. The molecule has 0 N–H and O–H groups in total. The monoisotopic (exact) mass is 931 g/mol. The Morgan fingerprint density at radius 3 is 0.455 bits per heavy atom. The predicted octanol–water partition coefficient (Wildman–Crippen LogP) is 14.4. The molecule has 0 saturated carbocycles. The van der Waals surface area contributed by atoms with Gasteiger partial charge in [-0.15, -0.1) is 0 Å². The number of hydrogen-bond donors (Lipinski definition) is 0. The summed E-state index contributed by atoms with van der Waals surface area (Å²) in [5.41, 5.74) is -4.19. The second kappa shape index (κ2) is 40.1. The van der Waals surface area contributed by atoms with Crippen molar-refractivity contribution in [3.05, 3.63) is 33.4 Å². The maximum Gasteiger partial charge on any atom is 0.339 e. The summed E-state index contributed by atoms with van der Waals surface area (Å²) in [6.45, 7) is 12.1. The molecule has 12 nitrogen and oxygen atoms in total. The minimum Gasteiger partial charge on any atom is -0.462 e. The van der Waals surface area contributed by atoms with Gasteiger partial charge >= 0.3 is 35.8 Å². The summed E-state index contributed by atoms with van der Waals surface area (Å²) in [7, 11) is 0. The van der Waals surface area contributed by atoms with Crippen LogP contribution in [0.2, 0.25) is 0 Å². The molecule has 0 fully saturated rings. The van der Waals surface area contributed by atoms with Gasteiger partial charge in [0.1, 0.15) is 0 Å². The van der Waals surface area contributed by atoms with E-state index in [1.54, 1.807) is 0 Å². The van der Waals surface area contributed by atoms with Crippen LogP contribution < -0.4 is 0 Å². The van der Waals surface area contributed by atoms with Crippen molar-refractivity contribution in [3.8, 4) is 0 Å². The van der Waals surface area contributed by atoms with E-state index in [2.05, 4.69) is 41.5 Å². The Morgan fingerprint density at radius 2 is 0.333 bits per heavy atom. The van der Waals surface area contributed by atoms with Crippen LogP contribution in [0.3, 0.4) is 0 Å². The molecule has 1 aromatic rings. The maximum atomic E-state index is 14.7. The summed E-state index contributed by atoms with van der Waals surface area (Å²) in [4.78, 5) is 88.0. The highest BCUT2D eigenvalue weighted by Crippen LogP contribution is 2.34. The van der Waals surface area contributed by atoms with Crippen molar-refractivity contribution in [2.45, 2.75) is 234 Å². The molecule has 0 aliphatic heterocycles. The van der Waals surface area contributed by atoms with Crippen LogP contribution in [0.25, 0.3) is 0 Å². The molecule has 0 aliphatic rings. The Bertz CT molecular complexity index is 1210. The number of rotatable bonds is 42. The zero-order chi connectivity index (χ0) is 48.6. The molecule has 12 heteroatoms. The molecule has 0 saturated heterocycles. The Hall–Kier alpha value is -3.96. The van der Waals surface area contributed by atoms with Crippen LogP contribution in [0.15, 0.2) is 0 Å². The van der Waals surface area contributed by atoms with Crippen LogP contribution >= 0.6 is 0 Å². The van der Waals surface area contributed by atoms with Gasteiger partial charge in [-0.2, -0.15) is 0 Å². The van der Waals surface area contributed by atoms with Crippen molar-refractivity contribution < 1.29 is 57.2 Å². The van der Waals surface area contributed by atoms with Gasteiger partial charge in [0.2, 0.25) is 0 Å². The first-order chi connectivity index (χ1) is 32.2. The zero-order valence-electron chi connectivity index (χ0n) is 42.4. The second-order valence-corrected chi connectivity index (χ2v) is 17.6. The van der Waals surface area contributed by atoms with Crippen LogP contribution in [0.5, 0.6) is 0 Å². The van der Waals surface area contributed by atoms with Gasteiger partial charge in [0.25, 0.3) is 0 Å². The van der Waals surface area contributed by atoms with Crippen molar-refractivity contribution in [2.24, 2.45) is 0 Å². The fourth-order valence-electron chi connectivity index (χ4n) is 7.63. The zero-order valence-corrected chi connectivity index (χ0v) is 42.4. The van der Waals surface area contributed by atoms with Crippen molar-refractivity contribution in [2.75, 3.05) is 39.6 Å². The molecule has 0 heterocycles. The molecule has 378 valence electrons. The standard InChI is InChI=1S/C54H90O12/c1-7-13-19-25-31-37-61-49(55)43-44(50(56)62-38-32-26-20-14-8-2)46(52(58)64-40-34-28-22-16-10-4)48(54(60)66-42-36-30-24-18-12-6)47(53(59)65-41-35-29-23-17-11-5)45(43)51(57)63-39-33-27-21-15-9-3/h7-42H2,1-6H3. The summed E-state index contributed by atoms with van der Waals surface area (Å²) in [5.74, 6) is -6.87. The molecular weight excluding hydrogens is 841 g/mol. The highest BCUT2D eigenvalue weighted by atomic mass is 16.6. The smallest absolute Gasteiger partial charge is 0.339 e. The number of hydrogen-bond acceptors (Lipinski definition) is 12. The Morgan fingerprint density at radius 1 is 0.212 bits per heavy atom. The van der Waals surface area contributed by atoms with Crippen LogP contribution in [0.4, 0.5) is 0 Å². The molecule has 0 bridgehead atoms. The topological polar surface area (TPSA) is 158 Å². The fraction of sp³-hybridized carbons (Fsp3) is 0.778. The minimum absolute atomic E-state index is 0.0721. The van der Waals surface area contributed by atoms with Gasteiger partial charge in [-0.25, -0.2) is 28.8 Å². The predicted molar refractivity (Wildman–Crippen MR) is 261 cm³/mol. The third-order valence-electron chi connectivity index (χ3n) is 11.6. The molecule has 0 aromatic heterocycles. The molecule has 1 rings (SSSR count). The average molecular weight is 931 g/mol. The SMILES string of the molecule is CCCCCCCOC(=O)c1c(C(=O)OCCCCCCC)c(C(=O)OCCCCCCC)c(C(=O)OCCCCCCC)c(C(=O)OCCCCCCC)c1C(=O)OCCCCCCC. The lowest BCUT2D eigenvalue weighted by Gasteiger charge is -2.23. The van der Waals surface area contributed by atoms with E-state index in [1.807, 2.05) is 0 Å². The molecule has 0 amide bonds. The molecule has 0 unspecified atom stereocenters. The number of carbonyl (C=O) groups is 6. The number of benzene rings is 1. The van der Waals surface area contributed by atoms with Gasteiger partial charge in [-0.05, 0) is 38.5 Å². The molecule has 0 aliphatic carbocycles. The van der Waals surface area contributed by atoms with Gasteiger partial charge in [0.15, 0.2) is 0 Å². The third kappa shape index (κ3) is 24.7. The van der Waals surface area contributed by atoms with E-state index < -0.39 is 69.2 Å². The van der Waals surface area contributed by atoms with Crippen LogP contribution in [0.1, 0.15) is 296 Å². The maximum absolute atomic E-state index is 14.7. The van der Waals surface area contributed by atoms with Crippen molar-refractivity contribution >= 4 is 35.8 Å². The summed E-state index contributed by atoms with van der Waals surface area (Å²) >= 11 is 0. The highest BCUT2D eigenvalue weighted by Gasteiger charge is 2.43. The lowest BCUT2D eigenvalue weighted by atomic mass is 9.85. The van der Waals surface area contributed by atoms with Crippen molar-refractivity contribution in [1.82, 2.24) is 0 Å². The third-order valence-corrected chi connectivity index (χ3v) is 11.6. The lowest BCUT2D eigenvalue weighted by molar-refractivity contribution is 0.0385. The summed E-state index contributed by atoms with van der Waals surface area (Å²) in [5, 5.41) is 0. The first-order valence-corrected chi connectivity index (χ1v) is 26.4. The van der Waals surface area contributed by atoms with Crippen LogP contribution in [-0.2, 0) is 28.4 Å². The largest absolute Gasteiger partial charge is 0.462 e. The van der Waals surface area contributed by atoms with E-state index in [0.29, 0.717) is 38.5 Å². The molecule has 1 aromatic carbocycles. The Kier molecular flexibility index (Phi) is 36.5. The number of ether oxygens (including phenoxy) is 6. The van der Waals surface area contributed by atoms with Crippen LogP contribution in [0, 0.1) is 0 Å². The average Bonchev–Trinajstić information content (AvgIpc) is 3.31. The molecule has 0 atom stereocenters. The number of unbranched alkanes of at least 4 members (excludes halogenated alkanes) is 24. The van der Waals surface area contributed by atoms with Gasteiger partial charge in [-0.3, -0.25) is 0 Å². The summed E-state index contributed by atoms with van der Waals surface area (Å²) < 4.78 is 34.9. The molecule has 66 heavy (non-hydrogen) atoms. The van der Waals surface area contributed by atoms with Crippen LogP contribution in [-0.4, -0.2) is 75.5 Å². The van der Waals surface area contributed by atoms with E-state index in [9.17, 15) is 28.8 Å². The lowest BCUT2D eigenvalue weighted by Crippen LogP contribution is -2.32. The first-order valence-electron chi connectivity index (χ1n) is 26.4. The Balaban J connectivity index is 4.33. The van der Waals surface area contributed by atoms with Gasteiger partial charge in [0.05, 0.1) is 73.0 Å². The normalized spacial score (nSPS) is 11.0. The van der Waals surface area contributed by atoms with Gasteiger partial charge in [0, 0.05) is 0 Å². The van der Waals surface area contributed by atoms with Gasteiger partial charge < -0.3 is 28.4 Å². The van der Waals surface area contributed by atoms with E-state index in [4.69, 9.17) is 28.4 Å². The number of esters is 6. The van der Waals surface area contributed by atoms with Gasteiger partial charge in [-0.1, -0.05) is 196 Å². The van der Waals surface area contributed by atoms with E-state index >= 15 is 0 Å². The van der Waals surface area contributed by atoms with Crippen molar-refractivity contribution in [3.63, 3.8) is 0 Å². The fourth-order valence-corrected chi connectivity index (χ4v) is 7.63. The highest BCUT2D eigenvalue weighted by molar-refractivity contribution is 6.24. The molecule has 0 spiro atoms. The molecular formula is C54H90O12. The minimum atomic E-state index is -1.15.